The van der Waals surface area contributed by atoms with Crippen LogP contribution in [0.15, 0.2) is 43.0 Å². The van der Waals surface area contributed by atoms with E-state index in [2.05, 4.69) is 77.7 Å². The molecule has 1 aliphatic rings. The lowest BCUT2D eigenvalue weighted by atomic mass is 9.95. The maximum absolute atomic E-state index is 5.14. The van der Waals surface area contributed by atoms with Crippen molar-refractivity contribution in [3.63, 3.8) is 0 Å². The smallest absolute Gasteiger partial charge is 0.243 e. The zero-order chi connectivity index (χ0) is 20.4. The van der Waals surface area contributed by atoms with Gasteiger partial charge in [-0.05, 0) is 56.5 Å². The average molecular weight is 517 g/mol. The summed E-state index contributed by atoms with van der Waals surface area (Å²) in [4.78, 5) is 12.4. The van der Waals surface area contributed by atoms with E-state index in [0.717, 1.165) is 30.9 Å². The summed E-state index contributed by atoms with van der Waals surface area (Å²) in [6.07, 6.45) is 11.0. The van der Waals surface area contributed by atoms with Gasteiger partial charge in [-0.15, -0.1) is 0 Å². The van der Waals surface area contributed by atoms with E-state index in [1.54, 1.807) is 0 Å². The molecule has 0 aromatic carbocycles. The van der Waals surface area contributed by atoms with Crippen LogP contribution in [0.5, 0.6) is 0 Å². The number of aryl methyl sites for hydroxylation is 4. The van der Waals surface area contributed by atoms with Crippen molar-refractivity contribution in [2.75, 3.05) is 13.1 Å². The number of imidazole rings is 1. The molecule has 1 atom stereocenters. The minimum Gasteiger partial charge on any atom is -1.00 e. The van der Waals surface area contributed by atoms with Crippen molar-refractivity contribution in [3.05, 3.63) is 65.5 Å². The van der Waals surface area contributed by atoms with Crippen LogP contribution in [-0.2, 0) is 20.5 Å². The first kappa shape index (κ1) is 22.9. The summed E-state index contributed by atoms with van der Waals surface area (Å²) >= 11 is 0. The van der Waals surface area contributed by atoms with Crippen molar-refractivity contribution in [1.29, 1.82) is 0 Å². The van der Waals surface area contributed by atoms with Crippen LogP contribution in [0.25, 0.3) is 11.4 Å². The Morgan fingerprint density at radius 3 is 2.70 bits per heavy atom. The number of aromatic nitrogens is 4. The molecule has 1 fully saturated rings. The second-order valence-electron chi connectivity index (χ2n) is 8.38. The fourth-order valence-corrected chi connectivity index (χ4v) is 4.54. The molecule has 3 aromatic heterocycles. The maximum Gasteiger partial charge on any atom is 0.243 e. The van der Waals surface area contributed by atoms with Crippen molar-refractivity contribution in [2.45, 2.75) is 45.6 Å². The minimum absolute atomic E-state index is 0. The number of halogens is 1. The van der Waals surface area contributed by atoms with E-state index < -0.39 is 0 Å². The zero-order valence-electron chi connectivity index (χ0n) is 18.5. The molecule has 1 unspecified atom stereocenters. The van der Waals surface area contributed by atoms with Crippen molar-refractivity contribution in [2.24, 2.45) is 14.1 Å². The molecule has 0 radical (unpaired) electrons. The van der Waals surface area contributed by atoms with Crippen LogP contribution in [0.2, 0.25) is 0 Å². The molecule has 1 saturated heterocycles. The molecule has 30 heavy (non-hydrogen) atoms. The highest BCUT2D eigenvalue weighted by Crippen LogP contribution is 2.33. The van der Waals surface area contributed by atoms with E-state index in [9.17, 15) is 0 Å². The van der Waals surface area contributed by atoms with Gasteiger partial charge in [-0.2, -0.15) is 0 Å². The molecule has 0 N–H and O–H groups in total. The normalized spacial score (nSPS) is 17.0. The van der Waals surface area contributed by atoms with E-state index in [4.69, 9.17) is 4.98 Å². The standard InChI is InChI=1S/C24H32N5.HI/c1-18-8-7-13-25-23(18)21-11-10-19(2)24(26-21)22-9-5-6-14-29(22)15-12-20-16-27(3)17-28(20)4;/h7-8,10-11,13,16-17,22H,5-6,9,12,14-15H2,1-4H3;1H/q+1;/p-1. The van der Waals surface area contributed by atoms with Gasteiger partial charge in [0, 0.05) is 19.2 Å². The van der Waals surface area contributed by atoms with E-state index in [-0.39, 0.29) is 24.0 Å². The monoisotopic (exact) mass is 517 g/mol. The topological polar surface area (TPSA) is 37.8 Å². The molecule has 4 rings (SSSR count). The highest BCUT2D eigenvalue weighted by molar-refractivity contribution is 5.59. The van der Waals surface area contributed by atoms with Gasteiger partial charge in [-0.1, -0.05) is 18.6 Å². The third-order valence-electron chi connectivity index (χ3n) is 6.13. The summed E-state index contributed by atoms with van der Waals surface area (Å²) in [6.45, 7) is 6.52. The first-order chi connectivity index (χ1) is 14.0. The Bertz CT molecular complexity index is 997. The molecular formula is C24H32IN5. The summed E-state index contributed by atoms with van der Waals surface area (Å²) in [6, 6.07) is 8.82. The Labute approximate surface area is 197 Å². The molecule has 0 saturated carbocycles. The lowest BCUT2D eigenvalue weighted by molar-refractivity contribution is -0.671. The molecule has 5 nitrogen and oxygen atoms in total. The van der Waals surface area contributed by atoms with Gasteiger partial charge in [0.1, 0.15) is 11.9 Å². The molecule has 0 bridgehead atoms. The van der Waals surface area contributed by atoms with E-state index in [1.165, 1.54) is 41.8 Å². The highest BCUT2D eigenvalue weighted by Gasteiger charge is 2.27. The van der Waals surface area contributed by atoms with Crippen LogP contribution in [0, 0.1) is 13.8 Å². The number of piperidine rings is 1. The first-order valence-corrected chi connectivity index (χ1v) is 10.7. The Balaban J connectivity index is 0.00000256. The number of likely N-dealkylation sites (tertiary alicyclic amines) is 1. The summed E-state index contributed by atoms with van der Waals surface area (Å²) in [5.41, 5.74) is 7.04. The van der Waals surface area contributed by atoms with Crippen LogP contribution in [0.1, 0.15) is 47.8 Å². The van der Waals surface area contributed by atoms with Gasteiger partial charge < -0.3 is 24.0 Å². The zero-order valence-corrected chi connectivity index (χ0v) is 20.6. The number of nitrogens with zero attached hydrogens (tertiary/aromatic N) is 5. The van der Waals surface area contributed by atoms with Gasteiger partial charge in [-0.25, -0.2) is 14.1 Å². The van der Waals surface area contributed by atoms with Crippen LogP contribution in [0.3, 0.4) is 0 Å². The maximum atomic E-state index is 5.14. The summed E-state index contributed by atoms with van der Waals surface area (Å²) in [7, 11) is 4.22. The molecule has 160 valence electrons. The van der Waals surface area contributed by atoms with Gasteiger partial charge in [0.2, 0.25) is 6.33 Å². The van der Waals surface area contributed by atoms with Gasteiger partial charge in [0.05, 0.1) is 37.2 Å². The Hall–Kier alpha value is -1.80. The summed E-state index contributed by atoms with van der Waals surface area (Å²) in [5.74, 6) is 0. The number of hydrogen-bond acceptors (Lipinski definition) is 3. The lowest BCUT2D eigenvalue weighted by Gasteiger charge is -2.36. The molecule has 6 heteroatoms. The van der Waals surface area contributed by atoms with Gasteiger partial charge >= 0.3 is 0 Å². The fraction of sp³-hybridized carbons (Fsp3) is 0.458. The second-order valence-corrected chi connectivity index (χ2v) is 8.38. The average Bonchev–Trinajstić information content (AvgIpc) is 3.05. The predicted octanol–water partition coefficient (Wildman–Crippen LogP) is 0.697. The third-order valence-corrected chi connectivity index (χ3v) is 6.13. The van der Waals surface area contributed by atoms with Crippen LogP contribution >= 0.6 is 0 Å². The Morgan fingerprint density at radius 2 is 1.97 bits per heavy atom. The molecule has 0 aliphatic carbocycles. The highest BCUT2D eigenvalue weighted by atomic mass is 127. The second kappa shape index (κ2) is 10.0. The minimum atomic E-state index is 0. The Kier molecular flexibility index (Phi) is 7.63. The van der Waals surface area contributed by atoms with Crippen LogP contribution < -0.4 is 28.5 Å². The van der Waals surface area contributed by atoms with Gasteiger partial charge in [-0.3, -0.25) is 9.88 Å². The summed E-state index contributed by atoms with van der Waals surface area (Å²) < 4.78 is 4.36. The van der Waals surface area contributed by atoms with Crippen molar-refractivity contribution in [1.82, 2.24) is 19.4 Å². The number of pyridine rings is 2. The molecule has 0 amide bonds. The first-order valence-electron chi connectivity index (χ1n) is 10.7. The fourth-order valence-electron chi connectivity index (χ4n) is 4.54. The quantitative estimate of drug-likeness (QED) is 0.370. The van der Waals surface area contributed by atoms with Crippen LogP contribution in [0.4, 0.5) is 0 Å². The van der Waals surface area contributed by atoms with E-state index >= 15 is 0 Å². The van der Waals surface area contributed by atoms with Crippen molar-refractivity contribution in [3.8, 4) is 11.4 Å². The predicted molar refractivity (Wildman–Crippen MR) is 115 cm³/mol. The largest absolute Gasteiger partial charge is 1.00 e. The van der Waals surface area contributed by atoms with Crippen molar-refractivity contribution < 1.29 is 28.5 Å². The molecule has 1 aliphatic heterocycles. The van der Waals surface area contributed by atoms with E-state index in [0.29, 0.717) is 6.04 Å². The number of rotatable bonds is 5. The SMILES string of the molecule is Cc1cccnc1-c1ccc(C)c(C2CCCCN2CCc2c[n+](C)cn2C)n1.[I-]. The van der Waals surface area contributed by atoms with Crippen molar-refractivity contribution >= 4 is 0 Å². The third kappa shape index (κ3) is 4.91. The lowest BCUT2D eigenvalue weighted by Crippen LogP contribution is -3.00. The molecule has 4 heterocycles. The molecule has 0 spiro atoms. The van der Waals surface area contributed by atoms with Gasteiger partial charge in [0.15, 0.2) is 0 Å². The molecular weight excluding hydrogens is 485 g/mol. The number of hydrogen-bond donors (Lipinski definition) is 0. The van der Waals surface area contributed by atoms with Crippen LogP contribution in [-0.4, -0.2) is 32.5 Å². The molecule has 3 aromatic rings. The summed E-state index contributed by atoms with van der Waals surface area (Å²) in [5, 5.41) is 0. The van der Waals surface area contributed by atoms with Gasteiger partial charge in [0.25, 0.3) is 0 Å². The van der Waals surface area contributed by atoms with E-state index in [1.807, 2.05) is 12.3 Å². The Morgan fingerprint density at radius 1 is 1.13 bits per heavy atom.